The van der Waals surface area contributed by atoms with Gasteiger partial charge in [-0.15, -0.1) is 0 Å². The van der Waals surface area contributed by atoms with E-state index in [1.807, 2.05) is 0 Å². The summed E-state index contributed by atoms with van der Waals surface area (Å²) in [7, 11) is 0. The van der Waals surface area contributed by atoms with Crippen LogP contribution in [0.4, 0.5) is 0 Å². The number of carbonyl (C=O) groups is 3. The zero-order valence-electron chi connectivity index (χ0n) is 36.4. The summed E-state index contributed by atoms with van der Waals surface area (Å²) in [5.41, 5.74) is 0. The van der Waals surface area contributed by atoms with Crippen LogP contribution in [0.2, 0.25) is 0 Å². The molecule has 0 fully saturated rings. The molecule has 0 unspecified atom stereocenters. The highest BCUT2D eigenvalue weighted by Gasteiger charge is 2.19. The molecular weight excluding hydrogens is 685 g/mol. The van der Waals surface area contributed by atoms with Crippen LogP contribution in [0.5, 0.6) is 0 Å². The number of hydrogen-bond acceptors (Lipinski definition) is 6. The number of esters is 3. The maximum Gasteiger partial charge on any atom is 0.306 e. The minimum atomic E-state index is -0.775. The van der Waals surface area contributed by atoms with Crippen molar-refractivity contribution in [2.24, 2.45) is 0 Å². The van der Waals surface area contributed by atoms with E-state index in [1.54, 1.807) is 0 Å². The predicted molar refractivity (Wildman–Crippen MR) is 233 cm³/mol. The first kappa shape index (κ1) is 52.6. The smallest absolute Gasteiger partial charge is 0.306 e. The minimum absolute atomic E-state index is 0.0792. The summed E-state index contributed by atoms with van der Waals surface area (Å²) >= 11 is 0. The fourth-order valence-electron chi connectivity index (χ4n) is 6.51. The first-order chi connectivity index (χ1) is 27.0. The third-order valence-electron chi connectivity index (χ3n) is 10.1. The van der Waals surface area contributed by atoms with Gasteiger partial charge in [-0.25, -0.2) is 0 Å². The van der Waals surface area contributed by atoms with Gasteiger partial charge in [0.1, 0.15) is 13.2 Å². The Bertz CT molecular complexity index is 938. The Hall–Kier alpha value is -2.37. The normalized spacial score (nSPS) is 12.3. The standard InChI is InChI=1S/C49H88O6/c1-4-7-10-13-16-19-22-23-24-25-28-30-33-36-39-42-48(51)54-45-46(55-49(52)43-40-37-34-31-27-21-18-15-12-9-6-3)44-53-47(50)41-38-35-32-29-26-20-17-14-11-8-5-2/h14,16-17,19,23-24,46H,4-13,15,18,20-22,25-45H2,1-3H3/b17-14-,19-16-,24-23-/t46-/m0/s1. The Morgan fingerprint density at radius 3 is 1.11 bits per heavy atom. The highest BCUT2D eigenvalue weighted by molar-refractivity contribution is 5.71. The van der Waals surface area contributed by atoms with Crippen LogP contribution in [0.3, 0.4) is 0 Å². The van der Waals surface area contributed by atoms with Crippen LogP contribution in [0.25, 0.3) is 0 Å². The molecule has 0 aromatic heterocycles. The van der Waals surface area contributed by atoms with Gasteiger partial charge in [-0.2, -0.15) is 0 Å². The van der Waals surface area contributed by atoms with Crippen molar-refractivity contribution in [1.29, 1.82) is 0 Å². The zero-order chi connectivity index (χ0) is 40.1. The quantitative estimate of drug-likeness (QED) is 0.0266. The summed E-state index contributed by atoms with van der Waals surface area (Å²) in [6, 6.07) is 0. The van der Waals surface area contributed by atoms with Gasteiger partial charge in [0.25, 0.3) is 0 Å². The van der Waals surface area contributed by atoms with Gasteiger partial charge in [0.15, 0.2) is 6.10 Å². The topological polar surface area (TPSA) is 78.9 Å². The Morgan fingerprint density at radius 2 is 0.673 bits per heavy atom. The molecule has 0 N–H and O–H groups in total. The average molecular weight is 773 g/mol. The molecule has 0 aliphatic rings. The Balaban J connectivity index is 4.38. The molecule has 0 aromatic carbocycles. The van der Waals surface area contributed by atoms with E-state index in [4.69, 9.17) is 14.2 Å². The highest BCUT2D eigenvalue weighted by atomic mass is 16.6. The molecule has 0 heterocycles. The molecule has 0 aliphatic carbocycles. The first-order valence-electron chi connectivity index (χ1n) is 23.5. The molecule has 6 nitrogen and oxygen atoms in total. The lowest BCUT2D eigenvalue weighted by Crippen LogP contribution is -2.30. The lowest BCUT2D eigenvalue weighted by atomic mass is 10.1. The van der Waals surface area contributed by atoms with Crippen molar-refractivity contribution < 1.29 is 28.6 Å². The van der Waals surface area contributed by atoms with E-state index in [2.05, 4.69) is 57.2 Å². The van der Waals surface area contributed by atoms with E-state index < -0.39 is 6.10 Å². The van der Waals surface area contributed by atoms with Crippen LogP contribution in [0, 0.1) is 0 Å². The number of hydrogen-bond donors (Lipinski definition) is 0. The van der Waals surface area contributed by atoms with E-state index >= 15 is 0 Å². The van der Waals surface area contributed by atoms with Crippen molar-refractivity contribution in [3.05, 3.63) is 36.5 Å². The van der Waals surface area contributed by atoms with E-state index in [0.29, 0.717) is 19.3 Å². The molecule has 0 radical (unpaired) electrons. The van der Waals surface area contributed by atoms with Crippen molar-refractivity contribution in [2.75, 3.05) is 13.2 Å². The highest BCUT2D eigenvalue weighted by Crippen LogP contribution is 2.14. The first-order valence-corrected chi connectivity index (χ1v) is 23.5. The van der Waals surface area contributed by atoms with Gasteiger partial charge in [0.2, 0.25) is 0 Å². The number of allylic oxidation sites excluding steroid dienone is 6. The second kappa shape index (κ2) is 44.3. The van der Waals surface area contributed by atoms with Crippen LogP contribution in [0.1, 0.15) is 239 Å². The summed E-state index contributed by atoms with van der Waals surface area (Å²) in [5, 5.41) is 0. The van der Waals surface area contributed by atoms with Gasteiger partial charge in [-0.1, -0.05) is 186 Å². The summed E-state index contributed by atoms with van der Waals surface area (Å²) in [4.78, 5) is 37.7. The molecule has 0 aliphatic heterocycles. The molecule has 0 spiro atoms. The Morgan fingerprint density at radius 1 is 0.364 bits per heavy atom. The van der Waals surface area contributed by atoms with Crippen molar-refractivity contribution in [1.82, 2.24) is 0 Å². The van der Waals surface area contributed by atoms with Gasteiger partial charge >= 0.3 is 17.9 Å². The van der Waals surface area contributed by atoms with Crippen LogP contribution >= 0.6 is 0 Å². The summed E-state index contributed by atoms with van der Waals surface area (Å²) in [6.07, 6.45) is 49.8. The van der Waals surface area contributed by atoms with Gasteiger partial charge in [-0.05, 0) is 70.6 Å². The zero-order valence-corrected chi connectivity index (χ0v) is 36.4. The number of ether oxygens (including phenoxy) is 3. The lowest BCUT2D eigenvalue weighted by Gasteiger charge is -2.18. The average Bonchev–Trinajstić information content (AvgIpc) is 3.18. The van der Waals surface area contributed by atoms with Crippen molar-refractivity contribution in [3.8, 4) is 0 Å². The summed E-state index contributed by atoms with van der Waals surface area (Å²) in [5.74, 6) is -0.899. The van der Waals surface area contributed by atoms with Crippen LogP contribution in [-0.2, 0) is 28.6 Å². The maximum atomic E-state index is 12.7. The molecule has 55 heavy (non-hydrogen) atoms. The van der Waals surface area contributed by atoms with E-state index in [1.165, 1.54) is 116 Å². The molecule has 320 valence electrons. The van der Waals surface area contributed by atoms with Gasteiger partial charge in [0, 0.05) is 19.3 Å². The SMILES string of the molecule is CCCC/C=C\CCCCCCCC(=O)OC[C@@H](COC(=O)CCCCCCC/C=C\C/C=C\CCCCC)OC(=O)CCCCCCCCCCCCC. The molecule has 0 rings (SSSR count). The predicted octanol–water partition coefficient (Wildman–Crippen LogP) is 15.0. The summed E-state index contributed by atoms with van der Waals surface area (Å²) < 4.78 is 16.7. The van der Waals surface area contributed by atoms with Crippen LogP contribution < -0.4 is 0 Å². The largest absolute Gasteiger partial charge is 0.462 e. The maximum absolute atomic E-state index is 12.7. The van der Waals surface area contributed by atoms with Crippen molar-refractivity contribution in [2.45, 2.75) is 245 Å². The Labute approximate surface area is 340 Å². The van der Waals surface area contributed by atoms with Crippen LogP contribution in [-0.4, -0.2) is 37.2 Å². The number of carbonyl (C=O) groups excluding carboxylic acids is 3. The third-order valence-corrected chi connectivity index (χ3v) is 10.1. The molecule has 0 saturated carbocycles. The van der Waals surface area contributed by atoms with E-state index in [9.17, 15) is 14.4 Å². The minimum Gasteiger partial charge on any atom is -0.462 e. The fraction of sp³-hybridized carbons (Fsp3) is 0.816. The van der Waals surface area contributed by atoms with E-state index in [0.717, 1.165) is 83.5 Å². The molecule has 0 bridgehead atoms. The number of unbranched alkanes of at least 4 members (excludes halogenated alkanes) is 25. The second-order valence-corrected chi connectivity index (χ2v) is 15.7. The molecule has 0 amide bonds. The van der Waals surface area contributed by atoms with Crippen molar-refractivity contribution >= 4 is 17.9 Å². The molecular formula is C49H88O6. The molecule has 1 atom stereocenters. The fourth-order valence-corrected chi connectivity index (χ4v) is 6.51. The van der Waals surface area contributed by atoms with Gasteiger partial charge < -0.3 is 14.2 Å². The molecule has 0 aromatic rings. The lowest BCUT2D eigenvalue weighted by molar-refractivity contribution is -0.167. The molecule has 0 saturated heterocycles. The third kappa shape index (κ3) is 42.6. The van der Waals surface area contributed by atoms with Crippen molar-refractivity contribution in [3.63, 3.8) is 0 Å². The van der Waals surface area contributed by atoms with Gasteiger partial charge in [-0.3, -0.25) is 14.4 Å². The van der Waals surface area contributed by atoms with E-state index in [-0.39, 0.29) is 31.1 Å². The molecule has 6 heteroatoms. The monoisotopic (exact) mass is 773 g/mol. The van der Waals surface area contributed by atoms with Gasteiger partial charge in [0.05, 0.1) is 0 Å². The Kier molecular flexibility index (Phi) is 42.4. The summed E-state index contributed by atoms with van der Waals surface area (Å²) in [6.45, 7) is 6.54. The number of rotatable bonds is 42. The second-order valence-electron chi connectivity index (χ2n) is 15.7. The van der Waals surface area contributed by atoms with Crippen LogP contribution in [0.15, 0.2) is 36.5 Å².